The maximum atomic E-state index is 8.85. The van der Waals surface area contributed by atoms with E-state index < -0.39 is 0 Å². The van der Waals surface area contributed by atoms with Crippen LogP contribution in [-0.4, -0.2) is 5.33 Å². The third-order valence-electron chi connectivity index (χ3n) is 6.57. The number of hydrogen-bond donors (Lipinski definition) is 0. The molecule has 6 rings (SSSR count). The van der Waals surface area contributed by atoms with Gasteiger partial charge in [-0.3, -0.25) is 0 Å². The third-order valence-corrected chi connectivity index (χ3v) is 6.89. The number of alkyl halides is 1. The van der Waals surface area contributed by atoms with Crippen LogP contribution in [0.15, 0.2) is 109 Å². The standard InChI is InChI=1S/C18H13N.C17H13Br.CN.K/c19-13-5-10-18-16-8-3-1-6-14(16)11-12-15-7-2-4-9-17(15)18;18-12-11-17-15-7-3-1-5-13(15)9-10-14-6-2-4-8-16(14)17;1-2;/h1-4,6-12H,5H2;1-11H,12H2;;/q;;-1;+1. The molecule has 0 unspecified atom stereocenters. The van der Waals surface area contributed by atoms with Gasteiger partial charge in [0.15, 0.2) is 0 Å². The minimum atomic E-state index is 0. The summed E-state index contributed by atoms with van der Waals surface area (Å²) < 4.78 is 0. The van der Waals surface area contributed by atoms with Crippen molar-refractivity contribution in [2.24, 2.45) is 0 Å². The Morgan fingerprint density at radius 1 is 0.550 bits per heavy atom. The molecule has 0 spiro atoms. The van der Waals surface area contributed by atoms with E-state index in [1.165, 1.54) is 50.1 Å². The minimum Gasteiger partial charge on any atom is -0.512 e. The largest absolute Gasteiger partial charge is 1.00 e. The summed E-state index contributed by atoms with van der Waals surface area (Å²) in [4.78, 5) is 0. The molecule has 2 aliphatic rings. The fourth-order valence-corrected chi connectivity index (χ4v) is 5.19. The monoisotopic (exact) mass is 604 g/mol. The SMILES string of the molecule is BrCC=C1c2ccccc2C=Cc2ccccc21.N#CCC=C1c2ccccc2C=Cc2ccccc21.[C-]#N.[K+]. The van der Waals surface area contributed by atoms with E-state index in [4.69, 9.17) is 17.1 Å². The van der Waals surface area contributed by atoms with Crippen LogP contribution in [0.3, 0.4) is 0 Å². The fourth-order valence-electron chi connectivity index (χ4n) is 4.86. The molecule has 0 bridgehead atoms. The van der Waals surface area contributed by atoms with Crippen molar-refractivity contribution in [2.45, 2.75) is 6.42 Å². The van der Waals surface area contributed by atoms with E-state index in [0.717, 1.165) is 10.9 Å². The Morgan fingerprint density at radius 2 is 0.850 bits per heavy atom. The average Bonchev–Trinajstić information content (AvgIpc) is 3.26. The Morgan fingerprint density at radius 3 is 1.15 bits per heavy atom. The van der Waals surface area contributed by atoms with Gasteiger partial charge in [-0.25, -0.2) is 0 Å². The maximum absolute atomic E-state index is 8.85. The quantitative estimate of drug-likeness (QED) is 0.127. The molecule has 4 heteroatoms. The molecule has 0 radical (unpaired) electrons. The van der Waals surface area contributed by atoms with Crippen molar-refractivity contribution >= 4 is 51.4 Å². The van der Waals surface area contributed by atoms with Crippen molar-refractivity contribution in [1.29, 1.82) is 10.5 Å². The zero-order chi connectivity index (χ0) is 27.5. The summed E-state index contributed by atoms with van der Waals surface area (Å²) >= 11 is 3.52. The number of hydrogen-bond acceptors (Lipinski definition) is 2. The molecule has 0 N–H and O–H groups in total. The van der Waals surface area contributed by atoms with Crippen LogP contribution >= 0.6 is 15.9 Å². The zero-order valence-electron chi connectivity index (χ0n) is 22.4. The second-order valence-electron chi connectivity index (χ2n) is 8.77. The number of halogens is 1. The molecule has 0 fully saturated rings. The van der Waals surface area contributed by atoms with E-state index in [1.54, 1.807) is 0 Å². The predicted molar refractivity (Wildman–Crippen MR) is 167 cm³/mol. The maximum Gasteiger partial charge on any atom is 1.00 e. The van der Waals surface area contributed by atoms with Crippen LogP contribution in [0.4, 0.5) is 0 Å². The third kappa shape index (κ3) is 7.36. The van der Waals surface area contributed by atoms with E-state index in [0.29, 0.717) is 6.42 Å². The van der Waals surface area contributed by atoms with Gasteiger partial charge in [-0.2, -0.15) is 5.26 Å². The van der Waals surface area contributed by atoms with Crippen LogP contribution in [-0.2, 0) is 0 Å². The molecule has 0 amide bonds. The first-order valence-electron chi connectivity index (χ1n) is 12.6. The Balaban J connectivity index is 0.000000203. The van der Waals surface area contributed by atoms with E-state index >= 15 is 0 Å². The number of allylic oxidation sites excluding steroid dienone is 2. The minimum absolute atomic E-state index is 0. The van der Waals surface area contributed by atoms with Gasteiger partial charge in [-0.05, 0) is 55.7 Å². The molecule has 188 valence electrons. The molecule has 40 heavy (non-hydrogen) atoms. The summed E-state index contributed by atoms with van der Waals surface area (Å²) in [6, 6.07) is 35.9. The second-order valence-corrected chi connectivity index (χ2v) is 9.42. The first-order valence-corrected chi connectivity index (χ1v) is 13.7. The summed E-state index contributed by atoms with van der Waals surface area (Å²) in [5.74, 6) is 0. The van der Waals surface area contributed by atoms with Crippen LogP contribution < -0.4 is 51.4 Å². The van der Waals surface area contributed by atoms with Crippen molar-refractivity contribution in [2.75, 3.05) is 5.33 Å². The summed E-state index contributed by atoms with van der Waals surface area (Å²) in [5.41, 5.74) is 12.4. The molecule has 4 aromatic carbocycles. The van der Waals surface area contributed by atoms with Crippen LogP contribution in [0.2, 0.25) is 0 Å². The van der Waals surface area contributed by atoms with Gasteiger partial charge >= 0.3 is 51.4 Å². The van der Waals surface area contributed by atoms with Crippen LogP contribution in [0.1, 0.15) is 50.9 Å². The second kappa shape index (κ2) is 16.3. The van der Waals surface area contributed by atoms with Crippen molar-refractivity contribution in [3.8, 4) is 6.07 Å². The number of nitriles is 1. The first kappa shape index (κ1) is 31.5. The first-order chi connectivity index (χ1) is 19.3. The van der Waals surface area contributed by atoms with Crippen molar-refractivity contribution in [3.63, 3.8) is 0 Å². The van der Waals surface area contributed by atoms with Gasteiger partial charge < -0.3 is 11.8 Å². The summed E-state index contributed by atoms with van der Waals surface area (Å²) in [5, 5.41) is 16.0. The summed E-state index contributed by atoms with van der Waals surface area (Å²) in [6.45, 7) is 4.75. The van der Waals surface area contributed by atoms with Crippen LogP contribution in [0.25, 0.3) is 35.5 Å². The Hall–Kier alpha value is -3.06. The Kier molecular flexibility index (Phi) is 12.8. The smallest absolute Gasteiger partial charge is 0.512 e. The number of benzene rings is 4. The van der Waals surface area contributed by atoms with E-state index in [9.17, 15) is 0 Å². The molecule has 0 aliphatic heterocycles. The molecule has 0 saturated heterocycles. The van der Waals surface area contributed by atoms with E-state index in [1.807, 2.05) is 30.3 Å². The molecule has 0 atom stereocenters. The van der Waals surface area contributed by atoms with Gasteiger partial charge in [-0.1, -0.05) is 149 Å². The Bertz CT molecular complexity index is 1550. The zero-order valence-corrected chi connectivity index (χ0v) is 27.1. The average molecular weight is 606 g/mol. The molecular formula is C36H26BrKN2. The molecule has 4 aromatic rings. The number of nitrogens with zero attached hydrogens (tertiary/aromatic N) is 2. The van der Waals surface area contributed by atoms with Crippen molar-refractivity contribution < 1.29 is 51.4 Å². The summed E-state index contributed by atoms with van der Waals surface area (Å²) in [6.07, 6.45) is 13.4. The van der Waals surface area contributed by atoms with Gasteiger partial charge in [0.25, 0.3) is 0 Å². The van der Waals surface area contributed by atoms with Gasteiger partial charge in [0.05, 0.1) is 12.5 Å². The molecule has 2 aliphatic carbocycles. The van der Waals surface area contributed by atoms with Crippen LogP contribution in [0.5, 0.6) is 0 Å². The van der Waals surface area contributed by atoms with Gasteiger partial charge in [0.2, 0.25) is 0 Å². The van der Waals surface area contributed by atoms with Gasteiger partial charge in [0, 0.05) is 5.33 Å². The Labute approximate surface area is 288 Å². The van der Waals surface area contributed by atoms with Crippen molar-refractivity contribution in [1.82, 2.24) is 0 Å². The van der Waals surface area contributed by atoms with Gasteiger partial charge in [-0.15, -0.1) is 0 Å². The predicted octanol–water partition coefficient (Wildman–Crippen LogP) is 6.61. The topological polar surface area (TPSA) is 47.6 Å². The van der Waals surface area contributed by atoms with Crippen LogP contribution in [0, 0.1) is 23.2 Å². The van der Waals surface area contributed by atoms with Gasteiger partial charge in [0.1, 0.15) is 0 Å². The normalized spacial score (nSPS) is 11.4. The molecule has 0 aromatic heterocycles. The van der Waals surface area contributed by atoms with Crippen molar-refractivity contribution in [3.05, 3.63) is 160 Å². The van der Waals surface area contributed by atoms with E-state index in [2.05, 4.69) is 125 Å². The fraction of sp³-hybridized carbons (Fsp3) is 0.0556. The number of rotatable bonds is 2. The summed E-state index contributed by atoms with van der Waals surface area (Å²) in [7, 11) is 0. The molecule has 0 saturated carbocycles. The molecule has 0 heterocycles. The molecule has 2 nitrogen and oxygen atoms in total. The van der Waals surface area contributed by atoms with E-state index in [-0.39, 0.29) is 51.4 Å². The number of fused-ring (bicyclic) bond motifs is 4. The molecular weight excluding hydrogens is 579 g/mol.